The summed E-state index contributed by atoms with van der Waals surface area (Å²) in [5, 5.41) is 3.43. The number of nitrogens with one attached hydrogen (secondary N) is 1. The molecule has 0 radical (unpaired) electrons. The van der Waals surface area contributed by atoms with Crippen LogP contribution in [0.15, 0.2) is 18.3 Å². The van der Waals surface area contributed by atoms with E-state index in [0.717, 1.165) is 43.9 Å². The van der Waals surface area contributed by atoms with Crippen LogP contribution in [0.2, 0.25) is 0 Å². The van der Waals surface area contributed by atoms with Crippen molar-refractivity contribution in [3.8, 4) is 0 Å². The molecule has 0 bridgehead atoms. The molecule has 4 heteroatoms. The quantitative estimate of drug-likeness (QED) is 0.903. The molecule has 2 aliphatic rings. The van der Waals surface area contributed by atoms with Gasteiger partial charge < -0.3 is 10.2 Å². The van der Waals surface area contributed by atoms with Gasteiger partial charge in [-0.3, -0.25) is 4.79 Å². The molecule has 1 aromatic rings. The van der Waals surface area contributed by atoms with E-state index in [1.807, 2.05) is 17.0 Å². The Hall–Kier alpha value is -1.58. The Morgan fingerprint density at radius 3 is 2.76 bits per heavy atom. The van der Waals surface area contributed by atoms with E-state index < -0.39 is 0 Å². The molecular weight excluding hydrogens is 262 g/mol. The van der Waals surface area contributed by atoms with E-state index in [9.17, 15) is 4.79 Å². The highest BCUT2D eigenvalue weighted by molar-refractivity contribution is 5.98. The highest BCUT2D eigenvalue weighted by Crippen LogP contribution is 2.48. The van der Waals surface area contributed by atoms with Crippen molar-refractivity contribution in [3.63, 3.8) is 0 Å². The molecule has 1 saturated carbocycles. The fourth-order valence-corrected chi connectivity index (χ4v) is 3.09. The fraction of sp³-hybridized carbons (Fsp3) is 0.647. The van der Waals surface area contributed by atoms with Gasteiger partial charge >= 0.3 is 0 Å². The van der Waals surface area contributed by atoms with Crippen molar-refractivity contribution in [2.75, 3.05) is 25.0 Å². The maximum atomic E-state index is 12.7. The van der Waals surface area contributed by atoms with Crippen molar-refractivity contribution in [3.05, 3.63) is 23.9 Å². The minimum Gasteiger partial charge on any atom is -0.369 e. The standard InChI is InChI=1S/C17H25N3O/c1-2-17(8-9-17)13-19-15-14(7-6-10-18-15)16(21)20-11-4-3-5-12-20/h6-7,10H,2-5,8-9,11-13H2,1H3,(H,18,19). The number of carbonyl (C=O) groups excluding carboxylic acids is 1. The van der Waals surface area contributed by atoms with Gasteiger partial charge in [0.15, 0.2) is 0 Å². The second-order valence-corrected chi connectivity index (χ2v) is 6.46. The van der Waals surface area contributed by atoms with Crippen LogP contribution in [-0.4, -0.2) is 35.4 Å². The first-order valence-corrected chi connectivity index (χ1v) is 8.22. The van der Waals surface area contributed by atoms with Crippen LogP contribution in [0.1, 0.15) is 55.8 Å². The third kappa shape index (κ3) is 3.20. The van der Waals surface area contributed by atoms with Crippen LogP contribution >= 0.6 is 0 Å². The van der Waals surface area contributed by atoms with Gasteiger partial charge in [0, 0.05) is 25.8 Å². The molecule has 0 atom stereocenters. The van der Waals surface area contributed by atoms with Crippen LogP contribution in [0.25, 0.3) is 0 Å². The number of rotatable bonds is 5. The van der Waals surface area contributed by atoms with Crippen LogP contribution in [0.3, 0.4) is 0 Å². The third-order valence-electron chi connectivity index (χ3n) is 5.02. The van der Waals surface area contributed by atoms with Gasteiger partial charge in [-0.1, -0.05) is 6.92 Å². The summed E-state index contributed by atoms with van der Waals surface area (Å²) in [5.41, 5.74) is 1.18. The molecule has 1 aromatic heterocycles. The molecule has 0 unspecified atom stereocenters. The first kappa shape index (κ1) is 14.4. The van der Waals surface area contributed by atoms with E-state index in [1.165, 1.54) is 25.7 Å². The second kappa shape index (κ2) is 6.04. The number of likely N-dealkylation sites (tertiary alicyclic amines) is 1. The summed E-state index contributed by atoms with van der Waals surface area (Å²) in [6.07, 6.45) is 9.02. The summed E-state index contributed by atoms with van der Waals surface area (Å²) in [6.45, 7) is 4.94. The topological polar surface area (TPSA) is 45.2 Å². The molecule has 3 rings (SSSR count). The molecule has 1 amide bonds. The zero-order chi connectivity index (χ0) is 14.7. The van der Waals surface area contributed by atoms with Crippen molar-refractivity contribution in [2.24, 2.45) is 5.41 Å². The smallest absolute Gasteiger partial charge is 0.257 e. The minimum atomic E-state index is 0.131. The summed E-state index contributed by atoms with van der Waals surface area (Å²) in [6, 6.07) is 3.76. The van der Waals surface area contributed by atoms with Gasteiger partial charge in [-0.25, -0.2) is 4.98 Å². The first-order valence-electron chi connectivity index (χ1n) is 8.22. The fourth-order valence-electron chi connectivity index (χ4n) is 3.09. The lowest BCUT2D eigenvalue weighted by Gasteiger charge is -2.27. The van der Waals surface area contributed by atoms with Gasteiger partial charge in [-0.15, -0.1) is 0 Å². The predicted molar refractivity (Wildman–Crippen MR) is 84.4 cm³/mol. The summed E-state index contributed by atoms with van der Waals surface area (Å²) in [5.74, 6) is 0.888. The van der Waals surface area contributed by atoms with Crippen molar-refractivity contribution >= 4 is 11.7 Å². The van der Waals surface area contributed by atoms with Crippen LogP contribution in [0.5, 0.6) is 0 Å². The molecule has 1 aliphatic carbocycles. The van der Waals surface area contributed by atoms with Crippen LogP contribution < -0.4 is 5.32 Å². The summed E-state index contributed by atoms with van der Waals surface area (Å²) in [7, 11) is 0. The average molecular weight is 287 g/mol. The lowest BCUT2D eigenvalue weighted by Crippen LogP contribution is -2.36. The molecule has 1 saturated heterocycles. The van der Waals surface area contributed by atoms with Crippen molar-refractivity contribution in [2.45, 2.75) is 45.4 Å². The van der Waals surface area contributed by atoms with E-state index >= 15 is 0 Å². The van der Waals surface area contributed by atoms with Crippen LogP contribution in [0, 0.1) is 5.41 Å². The molecule has 0 aromatic carbocycles. The zero-order valence-corrected chi connectivity index (χ0v) is 12.9. The largest absolute Gasteiger partial charge is 0.369 e. The van der Waals surface area contributed by atoms with E-state index in [2.05, 4.69) is 17.2 Å². The summed E-state index contributed by atoms with van der Waals surface area (Å²) < 4.78 is 0. The molecule has 4 nitrogen and oxygen atoms in total. The highest BCUT2D eigenvalue weighted by atomic mass is 16.2. The molecule has 2 fully saturated rings. The molecule has 1 aliphatic heterocycles. The Morgan fingerprint density at radius 1 is 1.33 bits per heavy atom. The number of amides is 1. The monoisotopic (exact) mass is 287 g/mol. The van der Waals surface area contributed by atoms with Crippen molar-refractivity contribution in [1.82, 2.24) is 9.88 Å². The second-order valence-electron chi connectivity index (χ2n) is 6.46. The molecule has 114 valence electrons. The van der Waals surface area contributed by atoms with Crippen LogP contribution in [0.4, 0.5) is 5.82 Å². The number of pyridine rings is 1. The van der Waals surface area contributed by atoms with Gasteiger partial charge in [0.2, 0.25) is 0 Å². The van der Waals surface area contributed by atoms with E-state index in [0.29, 0.717) is 5.41 Å². The maximum absolute atomic E-state index is 12.7. The number of hydrogen-bond acceptors (Lipinski definition) is 3. The molecular formula is C17H25N3O. The predicted octanol–water partition coefficient (Wildman–Crippen LogP) is 3.31. The van der Waals surface area contributed by atoms with Gasteiger partial charge in [0.05, 0.1) is 5.56 Å². The van der Waals surface area contributed by atoms with Crippen molar-refractivity contribution in [1.29, 1.82) is 0 Å². The van der Waals surface area contributed by atoms with Gasteiger partial charge in [-0.2, -0.15) is 0 Å². The lowest BCUT2D eigenvalue weighted by molar-refractivity contribution is 0.0725. The van der Waals surface area contributed by atoms with Crippen molar-refractivity contribution < 1.29 is 4.79 Å². The van der Waals surface area contributed by atoms with Gasteiger partial charge in [-0.05, 0) is 56.1 Å². The number of aromatic nitrogens is 1. The van der Waals surface area contributed by atoms with E-state index in [4.69, 9.17) is 0 Å². The Kier molecular flexibility index (Phi) is 4.13. The van der Waals surface area contributed by atoms with Gasteiger partial charge in [0.25, 0.3) is 5.91 Å². The number of hydrogen-bond donors (Lipinski definition) is 1. The van der Waals surface area contributed by atoms with E-state index in [1.54, 1.807) is 6.20 Å². The third-order valence-corrected chi connectivity index (χ3v) is 5.02. The Bertz CT molecular complexity index is 505. The molecule has 1 N–H and O–H groups in total. The number of nitrogens with zero attached hydrogens (tertiary/aromatic N) is 2. The maximum Gasteiger partial charge on any atom is 0.257 e. The summed E-state index contributed by atoms with van der Waals surface area (Å²) in [4.78, 5) is 19.0. The minimum absolute atomic E-state index is 0.131. The SMILES string of the molecule is CCC1(CNc2ncccc2C(=O)N2CCCCC2)CC1. The van der Waals surface area contributed by atoms with E-state index in [-0.39, 0.29) is 5.91 Å². The average Bonchev–Trinajstić information content (AvgIpc) is 3.34. The Labute approximate surface area is 126 Å². The number of anilines is 1. The van der Waals surface area contributed by atoms with Gasteiger partial charge in [0.1, 0.15) is 5.82 Å². The Balaban J connectivity index is 1.71. The molecule has 21 heavy (non-hydrogen) atoms. The Morgan fingerprint density at radius 2 is 2.10 bits per heavy atom. The molecule has 2 heterocycles. The lowest BCUT2D eigenvalue weighted by atomic mass is 10.0. The molecule has 0 spiro atoms. The number of piperidine rings is 1. The normalized spacial score (nSPS) is 20.1. The number of carbonyl (C=O) groups is 1. The zero-order valence-electron chi connectivity index (χ0n) is 12.9. The van der Waals surface area contributed by atoms with Crippen LogP contribution in [-0.2, 0) is 0 Å². The summed E-state index contributed by atoms with van der Waals surface area (Å²) >= 11 is 0. The highest BCUT2D eigenvalue weighted by Gasteiger charge is 2.40. The first-order chi connectivity index (χ1) is 10.2.